The summed E-state index contributed by atoms with van der Waals surface area (Å²) in [6.45, 7) is 1.99. The van der Waals surface area contributed by atoms with Gasteiger partial charge in [0.1, 0.15) is 4.90 Å². The first-order chi connectivity index (χ1) is 18.0. The first-order valence-corrected chi connectivity index (χ1v) is 13.3. The molecule has 0 saturated carbocycles. The largest absolute Gasteiger partial charge is 0.416 e. The van der Waals surface area contributed by atoms with E-state index in [9.17, 15) is 26.9 Å². The molecule has 198 valence electrons. The Kier molecular flexibility index (Phi) is 7.97. The van der Waals surface area contributed by atoms with Gasteiger partial charge in [0, 0.05) is 19.6 Å². The van der Waals surface area contributed by atoms with Crippen LogP contribution in [0.3, 0.4) is 0 Å². The Morgan fingerprint density at radius 2 is 1.76 bits per heavy atom. The molecule has 12 heteroatoms. The van der Waals surface area contributed by atoms with Gasteiger partial charge >= 0.3 is 6.18 Å². The number of nitrogens with zero attached hydrogens (tertiary/aromatic N) is 4. The van der Waals surface area contributed by atoms with Crippen LogP contribution in [0.25, 0.3) is 0 Å². The zero-order valence-electron chi connectivity index (χ0n) is 20.2. The molecule has 0 radical (unpaired) electrons. The van der Waals surface area contributed by atoms with Crippen molar-refractivity contribution in [3.63, 3.8) is 0 Å². The maximum atomic E-state index is 13.8. The Morgan fingerprint density at radius 1 is 1.08 bits per heavy atom. The van der Waals surface area contributed by atoms with Crippen molar-refractivity contribution in [2.45, 2.75) is 24.0 Å². The number of nitrogens with one attached hydrogen (secondary N) is 1. The van der Waals surface area contributed by atoms with Crippen LogP contribution >= 0.6 is 11.6 Å². The van der Waals surface area contributed by atoms with Gasteiger partial charge in [0.2, 0.25) is 16.0 Å². The van der Waals surface area contributed by atoms with E-state index in [4.69, 9.17) is 11.6 Å². The fourth-order valence-corrected chi connectivity index (χ4v) is 6.33. The molecule has 0 spiro atoms. The van der Waals surface area contributed by atoms with E-state index in [1.165, 1.54) is 0 Å². The average Bonchev–Trinajstić information content (AvgIpc) is 2.89. The van der Waals surface area contributed by atoms with E-state index in [1.807, 2.05) is 31.3 Å². The second-order valence-electron chi connectivity index (χ2n) is 8.59. The van der Waals surface area contributed by atoms with Crippen molar-refractivity contribution in [3.8, 4) is 6.19 Å². The number of alkyl halides is 3. The van der Waals surface area contributed by atoms with Gasteiger partial charge in [-0.05, 0) is 42.3 Å². The summed E-state index contributed by atoms with van der Waals surface area (Å²) in [7, 11) is -4.45. The number of halogens is 4. The molecule has 0 aromatic heterocycles. The van der Waals surface area contributed by atoms with E-state index in [0.29, 0.717) is 17.3 Å². The van der Waals surface area contributed by atoms with Crippen LogP contribution in [0.4, 0.5) is 18.9 Å². The van der Waals surface area contributed by atoms with E-state index in [0.717, 1.165) is 22.0 Å². The number of hydrogen-bond donors (Lipinski definition) is 1. The number of aryl methyl sites for hydroxylation is 1. The van der Waals surface area contributed by atoms with Crippen LogP contribution in [0.15, 0.2) is 82.7 Å². The highest BCUT2D eigenvalue weighted by atomic mass is 35.5. The molecule has 1 aliphatic heterocycles. The maximum Gasteiger partial charge on any atom is 0.416 e. The summed E-state index contributed by atoms with van der Waals surface area (Å²) in [4.78, 5) is 5.72. The highest BCUT2D eigenvalue weighted by molar-refractivity contribution is 7.89. The number of piperazine rings is 1. The molecule has 7 nitrogen and oxygen atoms in total. The second kappa shape index (κ2) is 11.0. The number of para-hydroxylation sites is 1. The Bertz CT molecular complexity index is 1490. The van der Waals surface area contributed by atoms with Crippen LogP contribution in [-0.2, 0) is 16.2 Å². The Hall–Kier alpha value is -3.59. The molecule has 1 aliphatic rings. The van der Waals surface area contributed by atoms with E-state index < -0.39 is 32.7 Å². The topological polar surface area (TPSA) is 88.8 Å². The molecule has 0 bridgehead atoms. The van der Waals surface area contributed by atoms with Gasteiger partial charge in [-0.15, -0.1) is 0 Å². The molecule has 0 aliphatic carbocycles. The van der Waals surface area contributed by atoms with Crippen molar-refractivity contribution in [3.05, 3.63) is 94.5 Å². The second-order valence-corrected chi connectivity index (χ2v) is 10.9. The van der Waals surface area contributed by atoms with Crippen LogP contribution < -0.4 is 5.32 Å². The summed E-state index contributed by atoms with van der Waals surface area (Å²) in [5, 5.41) is 11.6. The monoisotopic (exact) mass is 561 g/mol. The number of hydrogen-bond acceptors (Lipinski definition) is 4. The minimum atomic E-state index is -4.74. The van der Waals surface area contributed by atoms with Crippen molar-refractivity contribution in [1.29, 1.82) is 5.26 Å². The van der Waals surface area contributed by atoms with Gasteiger partial charge in [0.25, 0.3) is 0 Å². The van der Waals surface area contributed by atoms with Crippen molar-refractivity contribution < 1.29 is 21.6 Å². The highest BCUT2D eigenvalue weighted by Crippen LogP contribution is 2.37. The Morgan fingerprint density at radius 3 is 2.42 bits per heavy atom. The van der Waals surface area contributed by atoms with Gasteiger partial charge in [-0.1, -0.05) is 60.1 Å². The number of rotatable bonds is 4. The molecular weight excluding hydrogens is 539 g/mol. The normalized spacial score (nSPS) is 17.2. The number of benzene rings is 3. The number of guanidine groups is 1. The molecule has 1 saturated heterocycles. The lowest BCUT2D eigenvalue weighted by molar-refractivity contribution is -0.137. The van der Waals surface area contributed by atoms with Crippen molar-refractivity contribution >= 4 is 33.3 Å². The molecule has 1 N–H and O–H groups in total. The van der Waals surface area contributed by atoms with Crippen molar-refractivity contribution in [2.24, 2.45) is 4.99 Å². The van der Waals surface area contributed by atoms with Crippen LogP contribution in [0, 0.1) is 18.4 Å². The van der Waals surface area contributed by atoms with Crippen LogP contribution in [-0.4, -0.2) is 43.2 Å². The van der Waals surface area contributed by atoms with Gasteiger partial charge in [0.05, 0.1) is 22.3 Å². The Balaban J connectivity index is 1.76. The molecule has 3 aromatic carbocycles. The summed E-state index contributed by atoms with van der Waals surface area (Å²) in [6.07, 6.45) is -2.86. The molecule has 0 amide bonds. The molecule has 1 fully saturated rings. The molecule has 1 atom stereocenters. The van der Waals surface area contributed by atoms with Gasteiger partial charge in [-0.25, -0.2) is 13.4 Å². The molecule has 38 heavy (non-hydrogen) atoms. The molecule has 3 aromatic rings. The lowest BCUT2D eigenvalue weighted by Gasteiger charge is -2.41. The summed E-state index contributed by atoms with van der Waals surface area (Å²) >= 11 is 6.12. The summed E-state index contributed by atoms with van der Waals surface area (Å²) in [5.74, 6) is 0.233. The van der Waals surface area contributed by atoms with E-state index in [-0.39, 0.29) is 30.6 Å². The summed E-state index contributed by atoms with van der Waals surface area (Å²) in [6, 6.07) is 17.5. The summed E-state index contributed by atoms with van der Waals surface area (Å²) in [5.41, 5.74) is 1.02. The molecular formula is C26H23ClF3N5O2S. The Labute approximate surface area is 223 Å². The van der Waals surface area contributed by atoms with Gasteiger partial charge in [-0.2, -0.15) is 22.7 Å². The van der Waals surface area contributed by atoms with Crippen LogP contribution in [0.1, 0.15) is 22.7 Å². The third-order valence-electron chi connectivity index (χ3n) is 6.17. The number of nitriles is 1. The van der Waals surface area contributed by atoms with Gasteiger partial charge in [0.15, 0.2) is 6.19 Å². The van der Waals surface area contributed by atoms with Crippen LogP contribution in [0.2, 0.25) is 5.02 Å². The predicted octanol–water partition coefficient (Wildman–Crippen LogP) is 5.47. The maximum absolute atomic E-state index is 13.8. The third kappa shape index (κ3) is 5.78. The SMILES string of the molecule is Cc1ccccc1N=C(NC#N)N1CCN(S(=O)(=O)c2cc(C(F)(F)F)ccc2Cl)C(c2ccccc2)C1. The molecule has 1 unspecified atom stereocenters. The highest BCUT2D eigenvalue weighted by Gasteiger charge is 2.40. The van der Waals surface area contributed by atoms with Gasteiger partial charge < -0.3 is 4.90 Å². The van der Waals surface area contributed by atoms with Gasteiger partial charge in [-0.3, -0.25) is 5.32 Å². The van der Waals surface area contributed by atoms with Crippen molar-refractivity contribution in [2.75, 3.05) is 19.6 Å². The van der Waals surface area contributed by atoms with E-state index in [1.54, 1.807) is 41.3 Å². The zero-order chi connectivity index (χ0) is 27.5. The smallest absolute Gasteiger partial charge is 0.339 e. The average molecular weight is 562 g/mol. The fraction of sp³-hybridized carbons (Fsp3) is 0.231. The molecule has 1 heterocycles. The number of aliphatic imine (C=N–C) groups is 1. The fourth-order valence-electron chi connectivity index (χ4n) is 4.23. The van der Waals surface area contributed by atoms with Crippen molar-refractivity contribution in [1.82, 2.24) is 14.5 Å². The minimum Gasteiger partial charge on any atom is -0.339 e. The quantitative estimate of drug-likeness (QED) is 0.197. The van der Waals surface area contributed by atoms with Crippen LogP contribution in [0.5, 0.6) is 0 Å². The third-order valence-corrected chi connectivity index (χ3v) is 8.56. The lowest BCUT2D eigenvalue weighted by Crippen LogP contribution is -2.54. The van der Waals surface area contributed by atoms with E-state index >= 15 is 0 Å². The minimum absolute atomic E-state index is 0.0826. The molecule has 4 rings (SSSR count). The predicted molar refractivity (Wildman–Crippen MR) is 138 cm³/mol. The number of sulfonamides is 1. The first kappa shape index (κ1) is 27.4. The lowest BCUT2D eigenvalue weighted by atomic mass is 10.0. The first-order valence-electron chi connectivity index (χ1n) is 11.5. The summed E-state index contributed by atoms with van der Waals surface area (Å²) < 4.78 is 68.8. The standard InChI is InChI=1S/C26H23ClF3N5O2S/c1-18-7-5-6-10-22(18)33-25(32-17-31)34-13-14-35(23(16-34)19-8-3-2-4-9-19)38(36,37)24-15-20(26(28,29)30)11-12-21(24)27/h2-12,15,23H,13-14,16H2,1H3,(H,32,33). The zero-order valence-corrected chi connectivity index (χ0v) is 21.7. The van der Waals surface area contributed by atoms with E-state index in [2.05, 4.69) is 10.3 Å².